The zero-order valence-corrected chi connectivity index (χ0v) is 8.38. The minimum atomic E-state index is -4.47. The number of halogens is 2. The van der Waals surface area contributed by atoms with E-state index in [9.17, 15) is 22.0 Å². The zero-order valence-electron chi connectivity index (χ0n) is 7.57. The lowest BCUT2D eigenvalue weighted by Crippen LogP contribution is -2.24. The van der Waals surface area contributed by atoms with E-state index in [4.69, 9.17) is 5.26 Å². The van der Waals surface area contributed by atoms with Gasteiger partial charge in [0.1, 0.15) is 17.2 Å². The molecule has 0 bridgehead atoms. The molecular weight excluding hydrogens is 244 g/mol. The molecule has 0 spiro atoms. The van der Waals surface area contributed by atoms with Gasteiger partial charge in [0, 0.05) is 6.20 Å². The molecule has 0 radical (unpaired) electrons. The van der Waals surface area contributed by atoms with Crippen LogP contribution in [0, 0.1) is 11.3 Å². The number of aromatic amines is 1. The van der Waals surface area contributed by atoms with E-state index in [0.717, 1.165) is 0 Å². The van der Waals surface area contributed by atoms with Crippen molar-refractivity contribution in [3.63, 3.8) is 0 Å². The van der Waals surface area contributed by atoms with Gasteiger partial charge < -0.3 is 4.98 Å². The fraction of sp³-hybridized carbons (Fsp3) is 0.143. The van der Waals surface area contributed by atoms with Gasteiger partial charge in [0.15, 0.2) is 5.03 Å². The summed E-state index contributed by atoms with van der Waals surface area (Å²) >= 11 is 0. The third-order valence-corrected chi connectivity index (χ3v) is 2.61. The maximum absolute atomic E-state index is 12.5. The Morgan fingerprint density at radius 2 is 2.06 bits per heavy atom. The highest BCUT2D eigenvalue weighted by Crippen LogP contribution is 2.20. The first-order chi connectivity index (χ1) is 7.29. The molecule has 1 aromatic heterocycles. The van der Waals surface area contributed by atoms with E-state index in [1.165, 1.54) is 6.07 Å². The van der Waals surface area contributed by atoms with E-state index in [0.29, 0.717) is 6.20 Å². The highest BCUT2D eigenvalue weighted by atomic mass is 32.2. The van der Waals surface area contributed by atoms with E-state index in [1.54, 1.807) is 0 Å². The van der Waals surface area contributed by atoms with Crippen LogP contribution in [0.15, 0.2) is 16.0 Å². The van der Waals surface area contributed by atoms with Gasteiger partial charge in [0.25, 0.3) is 16.4 Å². The monoisotopic (exact) mass is 249 g/mol. The summed E-state index contributed by atoms with van der Waals surface area (Å²) in [6.07, 6.45) is -2.63. The summed E-state index contributed by atoms with van der Waals surface area (Å²) < 4.78 is 46.8. The summed E-state index contributed by atoms with van der Waals surface area (Å²) in [5, 5.41) is 12.0. The summed E-state index contributed by atoms with van der Waals surface area (Å²) in [6.45, 7) is 0. The van der Waals surface area contributed by atoms with Crippen LogP contribution in [0.2, 0.25) is 0 Å². The molecule has 0 atom stereocenters. The van der Waals surface area contributed by atoms with Crippen molar-refractivity contribution in [1.29, 1.82) is 5.26 Å². The molecule has 0 aromatic carbocycles. The second-order valence-corrected chi connectivity index (χ2v) is 4.23. The largest absolute Gasteiger partial charge is 0.349 e. The predicted molar refractivity (Wildman–Crippen MR) is 48.1 cm³/mol. The molecule has 0 saturated carbocycles. The van der Waals surface area contributed by atoms with Crippen molar-refractivity contribution in [1.82, 2.24) is 4.98 Å². The number of H-pyrrole nitrogens is 1. The van der Waals surface area contributed by atoms with E-state index in [2.05, 4.69) is 5.14 Å². The lowest BCUT2D eigenvalue weighted by molar-refractivity contribution is 0.145. The molecule has 0 aliphatic rings. The van der Waals surface area contributed by atoms with Gasteiger partial charge in [-0.2, -0.15) is 5.26 Å². The SMILES string of the molecule is N#Cc1c[nH]c(S(N)(=O)=O)c(C(F)F)c1=O. The number of alkyl halides is 2. The van der Waals surface area contributed by atoms with Gasteiger partial charge in [-0.1, -0.05) is 0 Å². The van der Waals surface area contributed by atoms with Gasteiger partial charge in [-0.3, -0.25) is 4.79 Å². The van der Waals surface area contributed by atoms with E-state index in [-0.39, 0.29) is 0 Å². The molecule has 0 fully saturated rings. The maximum Gasteiger partial charge on any atom is 0.270 e. The fourth-order valence-corrected chi connectivity index (χ4v) is 1.76. The molecule has 0 saturated heterocycles. The third kappa shape index (κ3) is 2.07. The molecule has 1 rings (SSSR count). The quantitative estimate of drug-likeness (QED) is 0.756. The molecule has 0 aliphatic carbocycles. The van der Waals surface area contributed by atoms with Crippen LogP contribution in [0.4, 0.5) is 8.78 Å². The topological polar surface area (TPSA) is 117 Å². The molecule has 0 unspecified atom stereocenters. The minimum Gasteiger partial charge on any atom is -0.349 e. The summed E-state index contributed by atoms with van der Waals surface area (Å²) in [5.74, 6) is 0. The first kappa shape index (κ1) is 12.3. The van der Waals surface area contributed by atoms with Gasteiger partial charge in [-0.15, -0.1) is 0 Å². The molecule has 16 heavy (non-hydrogen) atoms. The van der Waals surface area contributed by atoms with Crippen LogP contribution in [0.25, 0.3) is 0 Å². The molecule has 3 N–H and O–H groups in total. The standard InChI is InChI=1S/C7H5F2N3O3S/c8-6(9)4-5(13)3(1-10)2-12-7(4)16(11,14)15/h2,6H,(H,12,13)(H2,11,14,15). The third-order valence-electron chi connectivity index (χ3n) is 1.70. The first-order valence-corrected chi connectivity index (χ1v) is 5.30. The number of nitrogens with zero attached hydrogens (tertiary/aromatic N) is 1. The fourth-order valence-electron chi connectivity index (χ4n) is 1.05. The van der Waals surface area contributed by atoms with Crippen molar-refractivity contribution in [2.24, 2.45) is 5.14 Å². The van der Waals surface area contributed by atoms with Crippen molar-refractivity contribution >= 4 is 10.0 Å². The summed E-state index contributed by atoms with van der Waals surface area (Å²) in [7, 11) is -4.47. The molecule has 1 heterocycles. The number of aromatic nitrogens is 1. The number of rotatable bonds is 2. The van der Waals surface area contributed by atoms with Crippen LogP contribution >= 0.6 is 0 Å². The number of nitrogens with one attached hydrogen (secondary N) is 1. The molecule has 0 amide bonds. The van der Waals surface area contributed by atoms with Crippen LogP contribution in [0.1, 0.15) is 17.6 Å². The highest BCUT2D eigenvalue weighted by molar-refractivity contribution is 7.89. The van der Waals surface area contributed by atoms with Crippen LogP contribution in [-0.4, -0.2) is 13.4 Å². The minimum absolute atomic E-state index is 0.609. The number of hydrogen-bond acceptors (Lipinski definition) is 4. The average Bonchev–Trinajstić information content (AvgIpc) is 2.15. The average molecular weight is 249 g/mol. The van der Waals surface area contributed by atoms with E-state index >= 15 is 0 Å². The van der Waals surface area contributed by atoms with Crippen LogP contribution in [0.3, 0.4) is 0 Å². The Morgan fingerprint density at radius 3 is 2.44 bits per heavy atom. The predicted octanol–water partition coefficient (Wildman–Crippen LogP) is -0.168. The Balaban J connectivity index is 3.76. The van der Waals surface area contributed by atoms with Crippen LogP contribution in [0.5, 0.6) is 0 Å². The lowest BCUT2D eigenvalue weighted by atomic mass is 10.2. The Kier molecular flexibility index (Phi) is 3.06. The first-order valence-electron chi connectivity index (χ1n) is 3.75. The second-order valence-electron chi connectivity index (χ2n) is 2.73. The molecule has 6 nitrogen and oxygen atoms in total. The zero-order chi connectivity index (χ0) is 12.5. The normalized spacial score (nSPS) is 11.4. The van der Waals surface area contributed by atoms with Crippen molar-refractivity contribution in [3.05, 3.63) is 27.5 Å². The van der Waals surface area contributed by atoms with Crippen molar-refractivity contribution in [2.45, 2.75) is 11.5 Å². The van der Waals surface area contributed by atoms with Crippen LogP contribution < -0.4 is 10.6 Å². The second kappa shape index (κ2) is 3.99. The number of pyridine rings is 1. The smallest absolute Gasteiger partial charge is 0.270 e. The maximum atomic E-state index is 12.5. The van der Waals surface area contributed by atoms with Crippen molar-refractivity contribution < 1.29 is 17.2 Å². The number of primary sulfonamides is 1. The van der Waals surface area contributed by atoms with Gasteiger partial charge in [-0.25, -0.2) is 22.3 Å². The molecule has 86 valence electrons. The molecular formula is C7H5F2N3O3S. The number of nitriles is 1. The van der Waals surface area contributed by atoms with Gasteiger partial charge in [-0.05, 0) is 0 Å². The van der Waals surface area contributed by atoms with Gasteiger partial charge in [0.2, 0.25) is 5.43 Å². The Bertz CT molecular complexity index is 615. The Morgan fingerprint density at radius 1 is 1.50 bits per heavy atom. The van der Waals surface area contributed by atoms with Gasteiger partial charge >= 0.3 is 0 Å². The summed E-state index contributed by atoms with van der Waals surface area (Å²) in [4.78, 5) is 13.2. The van der Waals surface area contributed by atoms with E-state index < -0.39 is 38.0 Å². The summed E-state index contributed by atoms with van der Waals surface area (Å²) in [6, 6.07) is 1.36. The highest BCUT2D eigenvalue weighted by Gasteiger charge is 2.26. The number of nitrogens with two attached hydrogens (primary N) is 1. The lowest BCUT2D eigenvalue weighted by Gasteiger charge is -2.05. The molecule has 0 aliphatic heterocycles. The van der Waals surface area contributed by atoms with Gasteiger partial charge in [0.05, 0.1) is 0 Å². The Hall–Kier alpha value is -1.79. The van der Waals surface area contributed by atoms with Crippen molar-refractivity contribution in [2.75, 3.05) is 0 Å². The number of sulfonamides is 1. The Labute approximate surface area is 88.4 Å². The van der Waals surface area contributed by atoms with Crippen molar-refractivity contribution in [3.8, 4) is 6.07 Å². The van der Waals surface area contributed by atoms with E-state index in [1.807, 2.05) is 4.98 Å². The molecule has 1 aromatic rings. The number of hydrogen-bond donors (Lipinski definition) is 2. The molecule has 9 heteroatoms. The van der Waals surface area contributed by atoms with Crippen LogP contribution in [-0.2, 0) is 10.0 Å². The summed E-state index contributed by atoms with van der Waals surface area (Å²) in [5.41, 5.74) is -3.27.